The molecule has 0 aliphatic carbocycles. The highest BCUT2D eigenvalue weighted by molar-refractivity contribution is 7.47. The van der Waals surface area contributed by atoms with Crippen LogP contribution in [-0.4, -0.2) is 73.4 Å². The summed E-state index contributed by atoms with van der Waals surface area (Å²) in [6, 6.07) is -0.901. The van der Waals surface area contributed by atoms with Crippen LogP contribution in [0.4, 0.5) is 0 Å². The molecule has 0 aromatic rings. The fraction of sp³-hybridized carbons (Fsp3) is 0.554. The number of allylic oxidation sites excluding steroid dienone is 27. The Morgan fingerprint density at radius 3 is 1.23 bits per heavy atom. The monoisotopic (exact) mass is 1040 g/mol. The first-order chi connectivity index (χ1) is 36.0. The predicted octanol–water partition coefficient (Wildman–Crippen LogP) is 17.6. The molecule has 0 fully saturated rings. The van der Waals surface area contributed by atoms with E-state index in [0.29, 0.717) is 23.9 Å². The lowest BCUT2D eigenvalue weighted by Gasteiger charge is -2.25. The standard InChI is InChI=1S/C65H105N2O6P/c1-6-8-10-12-14-16-18-20-22-23-24-25-26-27-28-29-30-31-32-33-34-35-36-37-38-39-40-41-42-43-45-47-49-51-53-55-57-59-65(69)66-63(62-73-74(70,71)72-61-60-67(3,4)5)64(68)58-56-54-52-50-48-46-44-21-19-17-15-13-11-9-7-2/h8,10,14,16,19-22,24-25,27-28,30-31,33-34,36-37,39-40,42-43,47-50,56,58,63-64,68H,6-7,9,11-13,15,17-18,23,26,29,32,35,38,41,44-46,51-55,57,59-62H2,1-5H3,(H-,66,69,70,71)/p+1/b10-8-,16-14-,21-19+,22-20-,25-24-,28-27-,31-30-,34-33-,37-36-,40-39-,43-42-,49-47-,50-48+,58-56+. The number of amides is 1. The van der Waals surface area contributed by atoms with Gasteiger partial charge >= 0.3 is 7.82 Å². The fourth-order valence-corrected chi connectivity index (χ4v) is 7.69. The van der Waals surface area contributed by atoms with Crippen LogP contribution in [0.2, 0.25) is 0 Å². The number of rotatable bonds is 49. The third kappa shape index (κ3) is 55.6. The lowest BCUT2D eigenvalue weighted by Crippen LogP contribution is -2.45. The van der Waals surface area contributed by atoms with Crippen molar-refractivity contribution in [3.8, 4) is 0 Å². The van der Waals surface area contributed by atoms with Gasteiger partial charge in [-0.05, 0) is 128 Å². The normalized spacial score (nSPS) is 15.2. The topological polar surface area (TPSA) is 105 Å². The molecule has 0 spiro atoms. The van der Waals surface area contributed by atoms with Crippen LogP contribution in [0.3, 0.4) is 0 Å². The first-order valence-corrected chi connectivity index (χ1v) is 30.0. The Balaban J connectivity index is 4.33. The summed E-state index contributed by atoms with van der Waals surface area (Å²) in [5, 5.41) is 13.8. The number of carbonyl (C=O) groups is 1. The summed E-state index contributed by atoms with van der Waals surface area (Å²) in [7, 11) is 1.49. The number of nitrogens with one attached hydrogen (secondary N) is 1. The highest BCUT2D eigenvalue weighted by Crippen LogP contribution is 2.43. The summed E-state index contributed by atoms with van der Waals surface area (Å²) in [5.41, 5.74) is 0. The summed E-state index contributed by atoms with van der Waals surface area (Å²) in [5.74, 6) is -0.232. The van der Waals surface area contributed by atoms with Crippen LogP contribution in [0.25, 0.3) is 0 Å². The fourth-order valence-electron chi connectivity index (χ4n) is 6.96. The van der Waals surface area contributed by atoms with Crippen molar-refractivity contribution >= 4 is 13.7 Å². The van der Waals surface area contributed by atoms with Crippen LogP contribution in [-0.2, 0) is 18.4 Å². The van der Waals surface area contributed by atoms with Crippen molar-refractivity contribution in [2.75, 3.05) is 40.9 Å². The van der Waals surface area contributed by atoms with E-state index in [2.05, 4.69) is 177 Å². The van der Waals surface area contributed by atoms with Crippen LogP contribution >= 0.6 is 7.82 Å². The third-order valence-electron chi connectivity index (χ3n) is 11.4. The lowest BCUT2D eigenvalue weighted by atomic mass is 10.1. The molecular formula is C65H106N2O6P+. The van der Waals surface area contributed by atoms with Gasteiger partial charge in [-0.3, -0.25) is 13.8 Å². The van der Waals surface area contributed by atoms with Crippen molar-refractivity contribution in [3.63, 3.8) is 0 Å². The van der Waals surface area contributed by atoms with Gasteiger partial charge in [0.1, 0.15) is 13.2 Å². The van der Waals surface area contributed by atoms with Gasteiger partial charge in [0.2, 0.25) is 5.91 Å². The van der Waals surface area contributed by atoms with Crippen LogP contribution in [0, 0.1) is 0 Å². The molecule has 9 heteroatoms. The van der Waals surface area contributed by atoms with E-state index in [1.165, 1.54) is 32.1 Å². The minimum absolute atomic E-state index is 0.0367. The van der Waals surface area contributed by atoms with Crippen molar-refractivity contribution in [1.29, 1.82) is 0 Å². The molecule has 1 amide bonds. The molecule has 3 N–H and O–H groups in total. The van der Waals surface area contributed by atoms with Gasteiger partial charge in [-0.15, -0.1) is 0 Å². The number of likely N-dealkylation sites (N-methyl/N-ethyl adjacent to an activating group) is 1. The Morgan fingerprint density at radius 1 is 0.473 bits per heavy atom. The Labute approximate surface area is 453 Å². The maximum atomic E-state index is 12.9. The lowest BCUT2D eigenvalue weighted by molar-refractivity contribution is -0.870. The van der Waals surface area contributed by atoms with Crippen LogP contribution in [0.1, 0.15) is 181 Å². The zero-order valence-corrected chi connectivity index (χ0v) is 48.1. The maximum absolute atomic E-state index is 12.9. The summed E-state index contributed by atoms with van der Waals surface area (Å²) >= 11 is 0. The second kappa shape index (κ2) is 53.7. The second-order valence-corrected chi connectivity index (χ2v) is 21.0. The minimum atomic E-state index is -4.38. The van der Waals surface area contributed by atoms with Gasteiger partial charge in [0, 0.05) is 6.42 Å². The second-order valence-electron chi connectivity index (χ2n) is 19.6. The van der Waals surface area contributed by atoms with Crippen LogP contribution in [0.5, 0.6) is 0 Å². The van der Waals surface area contributed by atoms with Crippen LogP contribution in [0.15, 0.2) is 170 Å². The number of aliphatic hydroxyl groups is 1. The van der Waals surface area contributed by atoms with Crippen molar-refractivity contribution < 1.29 is 32.9 Å². The van der Waals surface area contributed by atoms with Crippen LogP contribution < -0.4 is 5.32 Å². The Bertz CT molecular complexity index is 1800. The molecule has 0 radical (unpaired) electrons. The zero-order chi connectivity index (χ0) is 54.2. The predicted molar refractivity (Wildman–Crippen MR) is 322 cm³/mol. The average molecular weight is 1040 g/mol. The van der Waals surface area contributed by atoms with Crippen molar-refractivity contribution in [1.82, 2.24) is 5.32 Å². The number of phosphoric ester groups is 1. The first-order valence-electron chi connectivity index (χ1n) is 28.5. The highest BCUT2D eigenvalue weighted by Gasteiger charge is 2.27. The molecule has 0 aromatic heterocycles. The zero-order valence-electron chi connectivity index (χ0n) is 47.2. The number of nitrogens with zero attached hydrogens (tertiary/aromatic N) is 1. The number of aliphatic hydroxyl groups excluding tert-OH is 1. The SMILES string of the molecule is CC/C=C\C/C=C\C/C=C\C/C=C\C/C=C\C/C=C\C/C=C\C/C=C\C/C=C\C/C=C\C/C=C\CCCCCC(=O)NC(COP(=O)(O)OCC[N+](C)(C)C)C(O)/C=C/CC/C=C/CC/C=C/CCCCCCC. The molecule has 0 aromatic carbocycles. The van der Waals surface area contributed by atoms with E-state index >= 15 is 0 Å². The molecular weight excluding hydrogens is 936 g/mol. The van der Waals surface area contributed by atoms with E-state index in [4.69, 9.17) is 9.05 Å². The first kappa shape index (κ1) is 69.9. The number of hydrogen-bond acceptors (Lipinski definition) is 5. The molecule has 74 heavy (non-hydrogen) atoms. The molecule has 8 nitrogen and oxygen atoms in total. The molecule has 0 aliphatic rings. The molecule has 0 bridgehead atoms. The Morgan fingerprint density at radius 2 is 0.824 bits per heavy atom. The summed E-state index contributed by atoms with van der Waals surface area (Å²) in [4.78, 5) is 23.2. The minimum Gasteiger partial charge on any atom is -0.387 e. The van der Waals surface area contributed by atoms with Crippen molar-refractivity contribution in [2.24, 2.45) is 0 Å². The smallest absolute Gasteiger partial charge is 0.387 e. The molecule has 0 heterocycles. The number of hydrogen-bond donors (Lipinski definition) is 3. The van der Waals surface area contributed by atoms with E-state index in [0.717, 1.165) is 122 Å². The maximum Gasteiger partial charge on any atom is 0.472 e. The Hall–Kier alpha value is -4.14. The number of carbonyl (C=O) groups excluding carboxylic acids is 1. The molecule has 3 atom stereocenters. The molecule has 416 valence electrons. The highest BCUT2D eigenvalue weighted by atomic mass is 31.2. The molecule has 0 aliphatic heterocycles. The Kier molecular flexibility index (Phi) is 50.7. The van der Waals surface area contributed by atoms with Gasteiger partial charge < -0.3 is 19.8 Å². The van der Waals surface area contributed by atoms with Gasteiger partial charge in [0.15, 0.2) is 0 Å². The van der Waals surface area contributed by atoms with Gasteiger partial charge in [-0.1, -0.05) is 216 Å². The number of phosphoric acid groups is 1. The van der Waals surface area contributed by atoms with E-state index in [1.54, 1.807) is 6.08 Å². The molecule has 0 rings (SSSR count). The molecule has 3 unspecified atom stereocenters. The van der Waals surface area contributed by atoms with Gasteiger partial charge in [-0.25, -0.2) is 4.57 Å². The molecule has 0 saturated heterocycles. The van der Waals surface area contributed by atoms with Crippen molar-refractivity contribution in [3.05, 3.63) is 170 Å². The van der Waals surface area contributed by atoms with E-state index in [9.17, 15) is 19.4 Å². The molecule has 0 saturated carbocycles. The van der Waals surface area contributed by atoms with Gasteiger partial charge in [0.05, 0.1) is 39.9 Å². The van der Waals surface area contributed by atoms with Gasteiger partial charge in [0.25, 0.3) is 0 Å². The quantitative estimate of drug-likeness (QED) is 0.0243. The van der Waals surface area contributed by atoms with Gasteiger partial charge in [-0.2, -0.15) is 0 Å². The van der Waals surface area contributed by atoms with Crippen molar-refractivity contribution in [2.45, 2.75) is 193 Å². The van der Waals surface area contributed by atoms with E-state index in [-0.39, 0.29) is 19.1 Å². The van der Waals surface area contributed by atoms with E-state index < -0.39 is 20.0 Å². The number of quaternary nitrogens is 1. The average Bonchev–Trinajstić information content (AvgIpc) is 3.36. The number of unbranched alkanes of at least 4 members (excludes halogenated alkanes) is 10. The summed E-state index contributed by atoms with van der Waals surface area (Å²) in [6.45, 7) is 4.59. The largest absolute Gasteiger partial charge is 0.472 e. The third-order valence-corrected chi connectivity index (χ3v) is 12.4. The van der Waals surface area contributed by atoms with E-state index in [1.807, 2.05) is 27.2 Å². The summed E-state index contributed by atoms with van der Waals surface area (Å²) in [6.07, 6.45) is 86.0. The summed E-state index contributed by atoms with van der Waals surface area (Å²) < 4.78 is 23.6.